The number of aromatic nitrogens is 3. The quantitative estimate of drug-likeness (QED) is 0.444. The number of halogens is 4. The van der Waals surface area contributed by atoms with Crippen molar-refractivity contribution in [3.63, 3.8) is 0 Å². The molecule has 3 aromatic rings. The van der Waals surface area contributed by atoms with Gasteiger partial charge in [-0.25, -0.2) is 0 Å². The third-order valence-electron chi connectivity index (χ3n) is 4.25. The standard InChI is InChI=1S/C21H19ClF3N5O2/c1-12-3-5-14(6-4-12)10-26-18-28-19(30-20(29-18)32-11-21(23,24)25)27-15-7-8-16(17(22)31)13(2)9-15/h3-9H,10-11H2,1-2H3,(H2,26,27,28,29,30). The Morgan fingerprint density at radius 2 is 1.72 bits per heavy atom. The van der Waals surface area contributed by atoms with Crippen molar-refractivity contribution in [2.45, 2.75) is 26.6 Å². The average Bonchev–Trinajstić information content (AvgIpc) is 2.71. The van der Waals surface area contributed by atoms with Gasteiger partial charge >= 0.3 is 12.2 Å². The highest BCUT2D eigenvalue weighted by Gasteiger charge is 2.29. The summed E-state index contributed by atoms with van der Waals surface area (Å²) in [4.78, 5) is 23.4. The van der Waals surface area contributed by atoms with E-state index in [9.17, 15) is 18.0 Å². The van der Waals surface area contributed by atoms with Gasteiger partial charge in [-0.15, -0.1) is 0 Å². The van der Waals surface area contributed by atoms with E-state index in [1.165, 1.54) is 6.07 Å². The SMILES string of the molecule is Cc1ccc(CNc2nc(Nc3ccc(C(=O)Cl)c(C)c3)nc(OCC(F)(F)F)n2)cc1. The summed E-state index contributed by atoms with van der Waals surface area (Å²) in [6, 6.07) is 11.9. The van der Waals surface area contributed by atoms with Crippen molar-refractivity contribution >= 4 is 34.4 Å². The molecule has 2 N–H and O–H groups in total. The number of nitrogens with zero attached hydrogens (tertiary/aromatic N) is 3. The monoisotopic (exact) mass is 465 g/mol. The van der Waals surface area contributed by atoms with Crippen molar-refractivity contribution in [3.05, 3.63) is 64.7 Å². The van der Waals surface area contributed by atoms with E-state index in [0.29, 0.717) is 23.4 Å². The molecule has 3 rings (SSSR count). The summed E-state index contributed by atoms with van der Waals surface area (Å²) in [6.45, 7) is 2.46. The number of carbonyl (C=O) groups is 1. The lowest BCUT2D eigenvalue weighted by molar-refractivity contribution is -0.154. The van der Waals surface area contributed by atoms with Gasteiger partial charge in [0.2, 0.25) is 11.9 Å². The molecular formula is C21H19ClF3N5O2. The minimum absolute atomic E-state index is 0.0320. The summed E-state index contributed by atoms with van der Waals surface area (Å²) in [5.41, 5.74) is 3.47. The molecule has 1 heterocycles. The third-order valence-corrected chi connectivity index (χ3v) is 4.45. The van der Waals surface area contributed by atoms with E-state index in [1.54, 1.807) is 19.1 Å². The van der Waals surface area contributed by atoms with Crippen LogP contribution in [0.2, 0.25) is 0 Å². The Morgan fingerprint density at radius 1 is 1.03 bits per heavy atom. The molecule has 32 heavy (non-hydrogen) atoms. The molecule has 0 aliphatic carbocycles. The normalized spacial score (nSPS) is 11.2. The molecule has 0 aliphatic rings. The van der Waals surface area contributed by atoms with Crippen LogP contribution in [-0.2, 0) is 6.54 Å². The number of ether oxygens (including phenoxy) is 1. The third kappa shape index (κ3) is 6.81. The number of benzene rings is 2. The van der Waals surface area contributed by atoms with E-state index in [0.717, 1.165) is 11.1 Å². The Balaban J connectivity index is 1.83. The van der Waals surface area contributed by atoms with Crippen LogP contribution in [0.15, 0.2) is 42.5 Å². The van der Waals surface area contributed by atoms with E-state index in [-0.39, 0.29) is 11.9 Å². The smallest absolute Gasteiger partial charge is 0.422 e. The fourth-order valence-corrected chi connectivity index (χ4v) is 2.89. The fraction of sp³-hybridized carbons (Fsp3) is 0.238. The highest BCUT2D eigenvalue weighted by atomic mass is 35.5. The van der Waals surface area contributed by atoms with Gasteiger partial charge in [-0.05, 0) is 54.8 Å². The van der Waals surface area contributed by atoms with Gasteiger partial charge in [-0.2, -0.15) is 28.1 Å². The molecule has 0 spiro atoms. The predicted molar refractivity (Wildman–Crippen MR) is 115 cm³/mol. The van der Waals surface area contributed by atoms with E-state index in [2.05, 4.69) is 25.6 Å². The highest BCUT2D eigenvalue weighted by molar-refractivity contribution is 6.67. The second-order valence-electron chi connectivity index (χ2n) is 6.94. The molecule has 0 amide bonds. The first-order valence-corrected chi connectivity index (χ1v) is 9.79. The van der Waals surface area contributed by atoms with E-state index >= 15 is 0 Å². The lowest BCUT2D eigenvalue weighted by Gasteiger charge is -2.12. The van der Waals surface area contributed by atoms with Crippen LogP contribution in [0.4, 0.5) is 30.8 Å². The van der Waals surface area contributed by atoms with Crippen LogP contribution in [0, 0.1) is 13.8 Å². The summed E-state index contributed by atoms with van der Waals surface area (Å²) in [5, 5.41) is 5.23. The van der Waals surface area contributed by atoms with Crippen LogP contribution in [0.25, 0.3) is 0 Å². The molecule has 168 valence electrons. The van der Waals surface area contributed by atoms with Gasteiger partial charge in [0, 0.05) is 17.8 Å². The predicted octanol–water partition coefficient (Wildman–Crippen LogP) is 5.16. The van der Waals surface area contributed by atoms with Crippen LogP contribution in [0.1, 0.15) is 27.0 Å². The Labute approximate surface area is 187 Å². The van der Waals surface area contributed by atoms with Crippen molar-refractivity contribution in [3.8, 4) is 6.01 Å². The van der Waals surface area contributed by atoms with Crippen LogP contribution in [0.5, 0.6) is 6.01 Å². The summed E-state index contributed by atoms with van der Waals surface area (Å²) >= 11 is 5.52. The first kappa shape index (κ1) is 23.3. The second-order valence-corrected chi connectivity index (χ2v) is 7.28. The maximum Gasteiger partial charge on any atom is 0.422 e. The van der Waals surface area contributed by atoms with Crippen LogP contribution < -0.4 is 15.4 Å². The van der Waals surface area contributed by atoms with Crippen molar-refractivity contribution in [2.24, 2.45) is 0 Å². The summed E-state index contributed by atoms with van der Waals surface area (Å²) in [5.74, 6) is -0.00235. The zero-order valence-corrected chi connectivity index (χ0v) is 17.9. The number of hydrogen-bond acceptors (Lipinski definition) is 7. The molecule has 1 aromatic heterocycles. The van der Waals surface area contributed by atoms with Gasteiger partial charge < -0.3 is 15.4 Å². The number of nitrogens with one attached hydrogen (secondary N) is 2. The molecule has 0 radical (unpaired) electrons. The molecule has 0 saturated heterocycles. The average molecular weight is 466 g/mol. The van der Waals surface area contributed by atoms with Crippen molar-refractivity contribution < 1.29 is 22.7 Å². The van der Waals surface area contributed by atoms with Crippen molar-refractivity contribution in [1.29, 1.82) is 0 Å². The Morgan fingerprint density at radius 3 is 2.34 bits per heavy atom. The maximum absolute atomic E-state index is 12.6. The summed E-state index contributed by atoms with van der Waals surface area (Å²) in [7, 11) is 0. The first-order chi connectivity index (χ1) is 15.1. The molecule has 0 fully saturated rings. The van der Waals surface area contributed by atoms with Crippen molar-refractivity contribution in [1.82, 2.24) is 15.0 Å². The Hall–Kier alpha value is -3.40. The largest absolute Gasteiger partial charge is 0.454 e. The van der Waals surface area contributed by atoms with Crippen molar-refractivity contribution in [2.75, 3.05) is 17.2 Å². The topological polar surface area (TPSA) is 89.0 Å². The van der Waals surface area contributed by atoms with Crippen LogP contribution in [-0.4, -0.2) is 33.0 Å². The molecule has 0 unspecified atom stereocenters. The number of alkyl halides is 3. The zero-order chi connectivity index (χ0) is 23.3. The number of hydrogen-bond donors (Lipinski definition) is 2. The van der Waals surface area contributed by atoms with Crippen LogP contribution in [0.3, 0.4) is 0 Å². The van der Waals surface area contributed by atoms with Gasteiger partial charge in [0.05, 0.1) is 0 Å². The zero-order valence-electron chi connectivity index (χ0n) is 17.1. The summed E-state index contributed by atoms with van der Waals surface area (Å²) in [6.07, 6.45) is -4.54. The van der Waals surface area contributed by atoms with Gasteiger partial charge in [0.25, 0.3) is 5.24 Å². The van der Waals surface area contributed by atoms with E-state index in [4.69, 9.17) is 16.3 Å². The molecule has 0 bridgehead atoms. The molecule has 11 heteroatoms. The van der Waals surface area contributed by atoms with Gasteiger partial charge in [0.1, 0.15) is 0 Å². The Kier molecular flexibility index (Phi) is 7.14. The first-order valence-electron chi connectivity index (χ1n) is 9.41. The van der Waals surface area contributed by atoms with E-state index < -0.39 is 24.0 Å². The van der Waals surface area contributed by atoms with Gasteiger partial charge in [-0.3, -0.25) is 4.79 Å². The minimum Gasteiger partial charge on any atom is -0.454 e. The molecule has 2 aromatic carbocycles. The van der Waals surface area contributed by atoms with Gasteiger partial charge in [-0.1, -0.05) is 29.8 Å². The minimum atomic E-state index is -4.54. The highest BCUT2D eigenvalue weighted by Crippen LogP contribution is 2.22. The van der Waals surface area contributed by atoms with E-state index in [1.807, 2.05) is 31.2 Å². The lowest BCUT2D eigenvalue weighted by Crippen LogP contribution is -2.21. The Bertz CT molecular complexity index is 1110. The molecular weight excluding hydrogens is 447 g/mol. The molecule has 0 aliphatic heterocycles. The number of aryl methyl sites for hydroxylation is 2. The lowest BCUT2D eigenvalue weighted by atomic mass is 10.1. The molecule has 0 atom stereocenters. The maximum atomic E-state index is 12.6. The number of rotatable bonds is 8. The molecule has 7 nitrogen and oxygen atoms in total. The van der Waals surface area contributed by atoms with Gasteiger partial charge in [0.15, 0.2) is 6.61 Å². The fourth-order valence-electron chi connectivity index (χ4n) is 2.68. The summed E-state index contributed by atoms with van der Waals surface area (Å²) < 4.78 is 42.4. The molecule has 0 saturated carbocycles. The second kappa shape index (κ2) is 9.82. The number of carbonyl (C=O) groups excluding carboxylic acids is 1. The number of anilines is 3. The van der Waals surface area contributed by atoms with Crippen LogP contribution >= 0.6 is 11.6 Å².